The molecule has 1 amide bonds. The molecule has 0 bridgehead atoms. The minimum Gasteiger partial charge on any atom is -0.351 e. The van der Waals surface area contributed by atoms with Gasteiger partial charge in [-0.2, -0.15) is 5.10 Å². The summed E-state index contributed by atoms with van der Waals surface area (Å²) in [6.07, 6.45) is 7.67. The molecule has 0 unspecified atom stereocenters. The van der Waals surface area contributed by atoms with Crippen LogP contribution < -0.4 is 16.2 Å². The van der Waals surface area contributed by atoms with Gasteiger partial charge in [0.05, 0.1) is 5.69 Å². The molecule has 1 saturated carbocycles. The normalized spacial score (nSPS) is 16.3. The summed E-state index contributed by atoms with van der Waals surface area (Å²) >= 11 is 0. The largest absolute Gasteiger partial charge is 0.351 e. The number of aryl methyl sites for hydroxylation is 1. The maximum Gasteiger partial charge on any atom is 0.277 e. The highest BCUT2D eigenvalue weighted by atomic mass is 16.2. The Bertz CT molecular complexity index is 560. The smallest absolute Gasteiger partial charge is 0.277 e. The molecule has 122 valence electrons. The Morgan fingerprint density at radius 3 is 2.55 bits per heavy atom. The Morgan fingerprint density at radius 1 is 1.18 bits per heavy atom. The molecule has 6 nitrogen and oxygen atoms in total. The maximum absolute atomic E-state index is 12.2. The van der Waals surface area contributed by atoms with Gasteiger partial charge in [0.25, 0.3) is 11.5 Å². The Labute approximate surface area is 131 Å². The van der Waals surface area contributed by atoms with Crippen LogP contribution in [0.15, 0.2) is 4.79 Å². The predicted octanol–water partition coefficient (Wildman–Crippen LogP) is 1.43. The first-order chi connectivity index (χ1) is 10.6. The van der Waals surface area contributed by atoms with Gasteiger partial charge in [0.1, 0.15) is 5.56 Å². The highest BCUT2D eigenvalue weighted by molar-refractivity contribution is 5.95. The lowest BCUT2D eigenvalue weighted by Crippen LogP contribution is -2.38. The number of hydrogen-bond acceptors (Lipinski definition) is 4. The van der Waals surface area contributed by atoms with E-state index in [4.69, 9.17) is 0 Å². The summed E-state index contributed by atoms with van der Waals surface area (Å²) < 4.78 is 0. The number of nitrogens with one attached hydrogen (secondary N) is 3. The molecule has 1 fully saturated rings. The topological polar surface area (TPSA) is 86.9 Å². The summed E-state index contributed by atoms with van der Waals surface area (Å²) in [5.74, 6) is -0.327. The summed E-state index contributed by atoms with van der Waals surface area (Å²) in [5.41, 5.74) is 1.04. The van der Waals surface area contributed by atoms with Crippen molar-refractivity contribution in [2.75, 3.05) is 13.1 Å². The molecule has 0 spiro atoms. The molecule has 22 heavy (non-hydrogen) atoms. The van der Waals surface area contributed by atoms with Crippen molar-refractivity contribution in [2.24, 2.45) is 0 Å². The van der Waals surface area contributed by atoms with Crippen LogP contribution in [-0.2, 0) is 0 Å². The Balaban J connectivity index is 1.81. The molecule has 2 rings (SSSR count). The van der Waals surface area contributed by atoms with Gasteiger partial charge in [0.2, 0.25) is 0 Å². The van der Waals surface area contributed by atoms with Gasteiger partial charge in [-0.15, -0.1) is 0 Å². The van der Waals surface area contributed by atoms with Gasteiger partial charge in [0, 0.05) is 19.1 Å². The van der Waals surface area contributed by atoms with Gasteiger partial charge in [-0.05, 0) is 32.3 Å². The monoisotopic (exact) mass is 306 g/mol. The molecular formula is C16H26N4O2. The van der Waals surface area contributed by atoms with Crippen LogP contribution in [0.1, 0.15) is 60.1 Å². The van der Waals surface area contributed by atoms with Crippen LogP contribution in [0.5, 0.6) is 0 Å². The number of aromatic nitrogens is 2. The summed E-state index contributed by atoms with van der Waals surface area (Å²) in [6, 6.07) is 0.563. The Hall–Kier alpha value is -1.69. The molecule has 1 aliphatic rings. The van der Waals surface area contributed by atoms with Gasteiger partial charge in [-0.1, -0.05) is 25.7 Å². The molecule has 0 radical (unpaired) electrons. The minimum atomic E-state index is -0.433. The first kappa shape index (κ1) is 16.7. The molecule has 6 heteroatoms. The first-order valence-electron chi connectivity index (χ1n) is 8.17. The van der Waals surface area contributed by atoms with E-state index in [0.29, 0.717) is 23.8 Å². The van der Waals surface area contributed by atoms with E-state index in [0.717, 1.165) is 6.54 Å². The van der Waals surface area contributed by atoms with Crippen LogP contribution in [0, 0.1) is 13.8 Å². The fourth-order valence-corrected chi connectivity index (χ4v) is 2.92. The second-order valence-electron chi connectivity index (χ2n) is 6.04. The number of aromatic amines is 1. The Kier molecular flexibility index (Phi) is 6.12. The third-order valence-corrected chi connectivity index (χ3v) is 4.40. The Morgan fingerprint density at radius 2 is 1.86 bits per heavy atom. The van der Waals surface area contributed by atoms with Crippen molar-refractivity contribution in [3.8, 4) is 0 Å². The average Bonchev–Trinajstić information content (AvgIpc) is 2.77. The van der Waals surface area contributed by atoms with Crippen LogP contribution in [0.25, 0.3) is 0 Å². The predicted molar refractivity (Wildman–Crippen MR) is 86.2 cm³/mol. The number of H-pyrrole nitrogens is 1. The number of hydrogen-bond donors (Lipinski definition) is 3. The molecular weight excluding hydrogens is 280 g/mol. The molecule has 0 aromatic carbocycles. The molecule has 3 N–H and O–H groups in total. The third kappa shape index (κ3) is 4.40. The van der Waals surface area contributed by atoms with Crippen molar-refractivity contribution in [3.05, 3.63) is 27.2 Å². The number of carbonyl (C=O) groups is 1. The molecule has 1 aliphatic carbocycles. The van der Waals surface area contributed by atoms with E-state index in [1.807, 2.05) is 0 Å². The summed E-state index contributed by atoms with van der Waals surface area (Å²) in [6.45, 7) is 4.78. The lowest BCUT2D eigenvalue weighted by Gasteiger charge is -2.16. The van der Waals surface area contributed by atoms with Gasteiger partial charge >= 0.3 is 0 Å². The second kappa shape index (κ2) is 8.08. The summed E-state index contributed by atoms with van der Waals surface area (Å²) in [7, 11) is 0. The fourth-order valence-electron chi connectivity index (χ4n) is 2.92. The van der Waals surface area contributed by atoms with Crippen molar-refractivity contribution in [1.82, 2.24) is 20.8 Å². The van der Waals surface area contributed by atoms with Crippen LogP contribution in [-0.4, -0.2) is 35.2 Å². The lowest BCUT2D eigenvalue weighted by molar-refractivity contribution is 0.0951. The highest BCUT2D eigenvalue weighted by Crippen LogP contribution is 2.16. The number of nitrogens with zero attached hydrogens (tertiary/aromatic N) is 1. The fraction of sp³-hybridized carbons (Fsp3) is 0.688. The van der Waals surface area contributed by atoms with Crippen molar-refractivity contribution < 1.29 is 4.79 Å². The second-order valence-corrected chi connectivity index (χ2v) is 6.04. The molecule has 1 aromatic heterocycles. The summed E-state index contributed by atoms with van der Waals surface area (Å²) in [4.78, 5) is 23.9. The van der Waals surface area contributed by atoms with Crippen LogP contribution in [0.2, 0.25) is 0 Å². The lowest BCUT2D eigenvalue weighted by atomic mass is 10.1. The van der Waals surface area contributed by atoms with E-state index in [1.54, 1.807) is 13.8 Å². The highest BCUT2D eigenvalue weighted by Gasteiger charge is 2.16. The zero-order chi connectivity index (χ0) is 15.9. The first-order valence-corrected chi connectivity index (χ1v) is 8.17. The maximum atomic E-state index is 12.2. The van der Waals surface area contributed by atoms with E-state index >= 15 is 0 Å². The molecule has 0 atom stereocenters. The van der Waals surface area contributed by atoms with Gasteiger partial charge in [0.15, 0.2) is 0 Å². The van der Waals surface area contributed by atoms with E-state index in [1.165, 1.54) is 38.5 Å². The van der Waals surface area contributed by atoms with Crippen molar-refractivity contribution in [3.63, 3.8) is 0 Å². The number of rotatable bonds is 5. The van der Waals surface area contributed by atoms with E-state index in [2.05, 4.69) is 20.8 Å². The number of amides is 1. The van der Waals surface area contributed by atoms with Crippen molar-refractivity contribution >= 4 is 5.91 Å². The summed E-state index contributed by atoms with van der Waals surface area (Å²) in [5, 5.41) is 12.5. The zero-order valence-corrected chi connectivity index (χ0v) is 13.5. The van der Waals surface area contributed by atoms with Gasteiger partial charge in [-0.3, -0.25) is 9.59 Å². The molecule has 1 heterocycles. The minimum absolute atomic E-state index is 0.168. The molecule has 1 aromatic rings. The van der Waals surface area contributed by atoms with E-state index in [-0.39, 0.29) is 11.5 Å². The van der Waals surface area contributed by atoms with Crippen molar-refractivity contribution in [1.29, 1.82) is 0 Å². The van der Waals surface area contributed by atoms with Gasteiger partial charge in [-0.25, -0.2) is 5.10 Å². The molecule has 0 saturated heterocycles. The SMILES string of the molecule is Cc1n[nH]c(=O)c(C(=O)NCCNC2CCCCCC2)c1C. The van der Waals surface area contributed by atoms with Crippen LogP contribution >= 0.6 is 0 Å². The van der Waals surface area contributed by atoms with Crippen LogP contribution in [0.4, 0.5) is 0 Å². The third-order valence-electron chi connectivity index (χ3n) is 4.40. The van der Waals surface area contributed by atoms with E-state index in [9.17, 15) is 9.59 Å². The standard InChI is InChI=1S/C16H26N4O2/c1-11-12(2)19-20-16(22)14(11)15(21)18-10-9-17-13-7-5-3-4-6-8-13/h13,17H,3-10H2,1-2H3,(H,18,21)(H,20,22). The quantitative estimate of drug-likeness (QED) is 0.567. The average molecular weight is 306 g/mol. The van der Waals surface area contributed by atoms with E-state index < -0.39 is 5.56 Å². The van der Waals surface area contributed by atoms with Crippen molar-refractivity contribution in [2.45, 2.75) is 58.4 Å². The molecule has 0 aliphatic heterocycles. The zero-order valence-electron chi connectivity index (χ0n) is 13.5. The van der Waals surface area contributed by atoms with Crippen LogP contribution in [0.3, 0.4) is 0 Å². The van der Waals surface area contributed by atoms with Gasteiger partial charge < -0.3 is 10.6 Å². The number of carbonyl (C=O) groups excluding carboxylic acids is 1.